The molecule has 3 rings (SSSR count). The molecular formula is C18H20N2O3S. The van der Waals surface area contributed by atoms with Crippen molar-refractivity contribution in [3.63, 3.8) is 0 Å². The van der Waals surface area contributed by atoms with Crippen LogP contribution in [0.15, 0.2) is 54.6 Å². The fraction of sp³-hybridized carbons (Fsp3) is 0.278. The van der Waals surface area contributed by atoms with Crippen molar-refractivity contribution >= 4 is 21.7 Å². The fourth-order valence-electron chi connectivity index (χ4n) is 2.80. The highest BCUT2D eigenvalue weighted by Crippen LogP contribution is 2.19. The predicted octanol–water partition coefficient (Wildman–Crippen LogP) is 3.06. The van der Waals surface area contributed by atoms with Gasteiger partial charge >= 0.3 is 10.2 Å². The summed E-state index contributed by atoms with van der Waals surface area (Å²) in [6, 6.07) is 15.5. The number of ketones is 1. The third-order valence-corrected chi connectivity index (χ3v) is 5.60. The van der Waals surface area contributed by atoms with Gasteiger partial charge < -0.3 is 0 Å². The molecule has 6 heteroatoms. The summed E-state index contributed by atoms with van der Waals surface area (Å²) in [5.41, 5.74) is 1.44. The zero-order valence-corrected chi connectivity index (χ0v) is 14.1. The quantitative estimate of drug-likeness (QED) is 0.848. The third-order valence-electron chi connectivity index (χ3n) is 4.06. The van der Waals surface area contributed by atoms with Crippen molar-refractivity contribution in [1.29, 1.82) is 0 Å². The number of benzene rings is 2. The van der Waals surface area contributed by atoms with E-state index < -0.39 is 10.2 Å². The molecule has 1 aliphatic rings. The number of anilines is 1. The lowest BCUT2D eigenvalue weighted by Crippen LogP contribution is -2.39. The smallest absolute Gasteiger partial charge is 0.289 e. The van der Waals surface area contributed by atoms with Gasteiger partial charge in [0, 0.05) is 24.2 Å². The first kappa shape index (κ1) is 16.7. The van der Waals surface area contributed by atoms with Crippen LogP contribution < -0.4 is 4.72 Å². The van der Waals surface area contributed by atoms with E-state index in [1.165, 1.54) is 4.31 Å². The van der Waals surface area contributed by atoms with Crippen LogP contribution >= 0.6 is 0 Å². The van der Waals surface area contributed by atoms with E-state index in [4.69, 9.17) is 0 Å². The van der Waals surface area contributed by atoms with E-state index >= 15 is 0 Å². The van der Waals surface area contributed by atoms with Crippen molar-refractivity contribution in [2.75, 3.05) is 17.8 Å². The van der Waals surface area contributed by atoms with Gasteiger partial charge in [-0.05, 0) is 25.0 Å². The molecule has 0 amide bonds. The fourth-order valence-corrected chi connectivity index (χ4v) is 4.09. The van der Waals surface area contributed by atoms with Crippen LogP contribution in [0.5, 0.6) is 0 Å². The Kier molecular flexibility index (Phi) is 4.97. The molecule has 1 N–H and O–H groups in total. The average Bonchev–Trinajstić information content (AvgIpc) is 2.62. The number of nitrogens with zero attached hydrogens (tertiary/aromatic N) is 1. The molecule has 1 fully saturated rings. The summed E-state index contributed by atoms with van der Waals surface area (Å²) < 4.78 is 28.9. The van der Waals surface area contributed by atoms with Gasteiger partial charge in [0.25, 0.3) is 0 Å². The Labute approximate surface area is 142 Å². The molecule has 0 unspecified atom stereocenters. The van der Waals surface area contributed by atoms with E-state index in [0.29, 0.717) is 29.9 Å². The molecule has 0 bridgehead atoms. The van der Waals surface area contributed by atoms with Crippen LogP contribution in [0.1, 0.15) is 35.2 Å². The van der Waals surface area contributed by atoms with Gasteiger partial charge in [0.1, 0.15) is 0 Å². The average molecular weight is 344 g/mol. The molecule has 126 valence electrons. The number of hydrogen-bond acceptors (Lipinski definition) is 3. The van der Waals surface area contributed by atoms with Gasteiger partial charge in [-0.1, -0.05) is 48.9 Å². The summed E-state index contributed by atoms with van der Waals surface area (Å²) in [4.78, 5) is 12.5. The van der Waals surface area contributed by atoms with Crippen molar-refractivity contribution in [3.05, 3.63) is 65.7 Å². The Bertz CT molecular complexity index is 813. The third kappa shape index (κ3) is 3.83. The van der Waals surface area contributed by atoms with E-state index in [0.717, 1.165) is 19.3 Å². The first-order valence-electron chi connectivity index (χ1n) is 8.04. The molecule has 24 heavy (non-hydrogen) atoms. The number of piperidine rings is 1. The monoisotopic (exact) mass is 344 g/mol. The van der Waals surface area contributed by atoms with Crippen molar-refractivity contribution in [3.8, 4) is 0 Å². The number of carbonyl (C=O) groups is 1. The standard InChI is InChI=1S/C18H20N2O3S/c21-18(15-8-3-1-4-9-15)16-10-7-11-17(14-16)19-24(22,23)20-12-5-2-6-13-20/h1,3-4,7-11,14,19H,2,5-6,12-13H2. The molecule has 5 nitrogen and oxygen atoms in total. The lowest BCUT2D eigenvalue weighted by molar-refractivity contribution is 0.103. The second-order valence-electron chi connectivity index (χ2n) is 5.84. The Morgan fingerprint density at radius 2 is 1.54 bits per heavy atom. The van der Waals surface area contributed by atoms with E-state index in [1.54, 1.807) is 48.5 Å². The molecule has 0 spiro atoms. The van der Waals surface area contributed by atoms with E-state index in [2.05, 4.69) is 4.72 Å². The van der Waals surface area contributed by atoms with Gasteiger partial charge in [-0.25, -0.2) is 0 Å². The maximum absolute atomic E-state index is 12.5. The highest BCUT2D eigenvalue weighted by Gasteiger charge is 2.23. The number of nitrogens with one attached hydrogen (secondary N) is 1. The largest absolute Gasteiger partial charge is 0.301 e. The first-order chi connectivity index (χ1) is 11.6. The maximum Gasteiger partial charge on any atom is 0.301 e. The summed E-state index contributed by atoms with van der Waals surface area (Å²) in [6.07, 6.45) is 2.83. The van der Waals surface area contributed by atoms with E-state index in [1.807, 2.05) is 6.07 Å². The van der Waals surface area contributed by atoms with E-state index in [-0.39, 0.29) is 5.78 Å². The zero-order chi connectivity index (χ0) is 17.0. The summed E-state index contributed by atoms with van der Waals surface area (Å²) >= 11 is 0. The first-order valence-corrected chi connectivity index (χ1v) is 9.48. The number of rotatable bonds is 5. The molecule has 0 aromatic heterocycles. The summed E-state index contributed by atoms with van der Waals surface area (Å²) in [6.45, 7) is 1.08. The zero-order valence-electron chi connectivity index (χ0n) is 13.3. The lowest BCUT2D eigenvalue weighted by atomic mass is 10.0. The van der Waals surface area contributed by atoms with Gasteiger partial charge in [0.15, 0.2) is 5.78 Å². The van der Waals surface area contributed by atoms with Gasteiger partial charge in [-0.3, -0.25) is 9.52 Å². The molecule has 0 radical (unpaired) electrons. The second kappa shape index (κ2) is 7.15. The molecule has 0 atom stereocenters. The Hall–Kier alpha value is -2.18. The molecule has 1 heterocycles. The molecule has 2 aromatic rings. The molecule has 2 aromatic carbocycles. The Morgan fingerprint density at radius 1 is 0.875 bits per heavy atom. The summed E-state index contributed by atoms with van der Waals surface area (Å²) in [7, 11) is -3.57. The molecule has 0 aliphatic carbocycles. The SMILES string of the molecule is O=C(c1ccccc1)c1cccc(NS(=O)(=O)N2CCCCC2)c1. The van der Waals surface area contributed by atoms with Gasteiger partial charge in [-0.15, -0.1) is 0 Å². The highest BCUT2D eigenvalue weighted by atomic mass is 32.2. The van der Waals surface area contributed by atoms with Gasteiger partial charge in [-0.2, -0.15) is 12.7 Å². The Morgan fingerprint density at radius 3 is 2.25 bits per heavy atom. The van der Waals surface area contributed by atoms with Crippen molar-refractivity contribution < 1.29 is 13.2 Å². The van der Waals surface area contributed by atoms with Crippen molar-refractivity contribution in [2.45, 2.75) is 19.3 Å². The molecule has 0 saturated carbocycles. The molecule has 1 aliphatic heterocycles. The summed E-state index contributed by atoms with van der Waals surface area (Å²) in [5, 5.41) is 0. The number of carbonyl (C=O) groups excluding carboxylic acids is 1. The van der Waals surface area contributed by atoms with Crippen LogP contribution in [0.2, 0.25) is 0 Å². The lowest BCUT2D eigenvalue weighted by Gasteiger charge is -2.26. The maximum atomic E-state index is 12.5. The van der Waals surface area contributed by atoms with Crippen LogP contribution in [-0.2, 0) is 10.2 Å². The van der Waals surface area contributed by atoms with Crippen LogP contribution in [-0.4, -0.2) is 31.6 Å². The second-order valence-corrected chi connectivity index (χ2v) is 7.51. The minimum absolute atomic E-state index is 0.130. The van der Waals surface area contributed by atoms with Crippen molar-refractivity contribution in [2.24, 2.45) is 0 Å². The van der Waals surface area contributed by atoms with Crippen LogP contribution in [0.4, 0.5) is 5.69 Å². The normalized spacial score (nSPS) is 15.8. The van der Waals surface area contributed by atoms with Crippen LogP contribution in [0.25, 0.3) is 0 Å². The minimum Gasteiger partial charge on any atom is -0.289 e. The van der Waals surface area contributed by atoms with Crippen molar-refractivity contribution in [1.82, 2.24) is 4.31 Å². The highest BCUT2D eigenvalue weighted by molar-refractivity contribution is 7.90. The number of hydrogen-bond donors (Lipinski definition) is 1. The van der Waals surface area contributed by atoms with Crippen LogP contribution in [0, 0.1) is 0 Å². The Balaban J connectivity index is 1.79. The minimum atomic E-state index is -3.57. The van der Waals surface area contributed by atoms with E-state index in [9.17, 15) is 13.2 Å². The van der Waals surface area contributed by atoms with Gasteiger partial charge in [0.05, 0.1) is 5.69 Å². The summed E-state index contributed by atoms with van der Waals surface area (Å²) in [5.74, 6) is -0.130. The molecule has 1 saturated heterocycles. The van der Waals surface area contributed by atoms with Gasteiger partial charge in [0.2, 0.25) is 0 Å². The van der Waals surface area contributed by atoms with Crippen LogP contribution in [0.3, 0.4) is 0 Å². The topological polar surface area (TPSA) is 66.5 Å². The predicted molar refractivity (Wildman–Crippen MR) is 94.3 cm³/mol. The molecular weight excluding hydrogens is 324 g/mol.